The van der Waals surface area contributed by atoms with E-state index in [1.807, 2.05) is 35.1 Å². The minimum Gasteiger partial charge on any atom is -0.369 e. The summed E-state index contributed by atoms with van der Waals surface area (Å²) >= 11 is 0. The van der Waals surface area contributed by atoms with Crippen molar-refractivity contribution in [2.75, 3.05) is 36.4 Å². The van der Waals surface area contributed by atoms with Crippen molar-refractivity contribution in [3.05, 3.63) is 114 Å². The van der Waals surface area contributed by atoms with E-state index >= 15 is 0 Å². The second kappa shape index (κ2) is 11.5. The molecule has 1 aliphatic carbocycles. The number of hydrogen-bond donors (Lipinski definition) is 2. The van der Waals surface area contributed by atoms with Crippen molar-refractivity contribution >= 4 is 29.3 Å². The van der Waals surface area contributed by atoms with Crippen LogP contribution in [0.4, 0.5) is 11.4 Å². The second-order valence-electron chi connectivity index (χ2n) is 9.84. The normalized spacial score (nSPS) is 16.8. The molecule has 0 saturated carbocycles. The average molecular weight is 529 g/mol. The van der Waals surface area contributed by atoms with Gasteiger partial charge in [0.25, 0.3) is 0 Å². The Kier molecular flexibility index (Phi) is 7.32. The van der Waals surface area contributed by atoms with E-state index in [0.717, 1.165) is 83.3 Å². The molecule has 3 aromatic heterocycles. The number of aromatic nitrogens is 4. The lowest BCUT2D eigenvalue weighted by atomic mass is 9.97. The molecule has 0 bridgehead atoms. The Labute approximate surface area is 234 Å². The predicted octanol–water partition coefficient (Wildman–Crippen LogP) is 5.43. The van der Waals surface area contributed by atoms with Gasteiger partial charge in [0.2, 0.25) is 0 Å². The van der Waals surface area contributed by atoms with Crippen molar-refractivity contribution in [3.63, 3.8) is 0 Å². The summed E-state index contributed by atoms with van der Waals surface area (Å²) < 4.78 is 1.92. The molecule has 0 amide bonds. The van der Waals surface area contributed by atoms with Crippen molar-refractivity contribution < 1.29 is 0 Å². The Morgan fingerprint density at radius 1 is 1.10 bits per heavy atom. The van der Waals surface area contributed by atoms with Crippen molar-refractivity contribution in [1.82, 2.24) is 24.9 Å². The fraction of sp³-hybridized carbons (Fsp3) is 0.188. The van der Waals surface area contributed by atoms with Gasteiger partial charge < -0.3 is 15.5 Å². The van der Waals surface area contributed by atoms with Gasteiger partial charge in [0, 0.05) is 61.1 Å². The lowest BCUT2D eigenvalue weighted by Crippen LogP contribution is -2.43. The monoisotopic (exact) mass is 528 g/mol. The maximum atomic E-state index is 4.98. The first kappa shape index (κ1) is 25.5. The third kappa shape index (κ3) is 5.34. The van der Waals surface area contributed by atoms with E-state index in [-0.39, 0.29) is 0 Å². The van der Waals surface area contributed by atoms with E-state index in [1.165, 1.54) is 5.69 Å². The topological polar surface area (TPSA) is 82.7 Å². The molecule has 0 atom stereocenters. The molecule has 200 valence electrons. The van der Waals surface area contributed by atoms with Crippen molar-refractivity contribution in [3.8, 4) is 11.1 Å². The van der Waals surface area contributed by atoms with E-state index in [0.29, 0.717) is 0 Å². The molecule has 4 aromatic rings. The minimum absolute atomic E-state index is 0.750. The highest BCUT2D eigenvalue weighted by Crippen LogP contribution is 2.31. The number of aryl methyl sites for hydroxylation is 1. The summed E-state index contributed by atoms with van der Waals surface area (Å²) in [4.78, 5) is 15.3. The van der Waals surface area contributed by atoms with E-state index in [9.17, 15) is 0 Å². The maximum Gasteiger partial charge on any atom is 0.154 e. The number of fused-ring (bicyclic) bond motifs is 1. The first-order valence-corrected chi connectivity index (χ1v) is 13.5. The van der Waals surface area contributed by atoms with Gasteiger partial charge in [-0.05, 0) is 73.7 Å². The summed E-state index contributed by atoms with van der Waals surface area (Å²) in [6, 6.07) is 14.8. The van der Waals surface area contributed by atoms with Gasteiger partial charge in [-0.2, -0.15) is 5.10 Å². The quantitative estimate of drug-likeness (QED) is 0.311. The highest BCUT2D eigenvalue weighted by molar-refractivity contribution is 5.80. The Balaban J connectivity index is 1.30. The third-order valence-electron chi connectivity index (χ3n) is 7.26. The fourth-order valence-corrected chi connectivity index (χ4v) is 5.18. The van der Waals surface area contributed by atoms with Gasteiger partial charge in [-0.25, -0.2) is 9.50 Å². The molecule has 4 heterocycles. The van der Waals surface area contributed by atoms with Crippen LogP contribution in [-0.2, 0) is 0 Å². The number of piperazine rings is 1. The van der Waals surface area contributed by atoms with Gasteiger partial charge in [0.1, 0.15) is 0 Å². The number of hydrogen-bond acceptors (Lipinski definition) is 7. The molecule has 6 rings (SSSR count). The molecular formula is C32H32N8. The average Bonchev–Trinajstić information content (AvgIpc) is 3.41. The number of nitrogens with zero attached hydrogens (tertiary/aromatic N) is 6. The molecule has 1 aliphatic heterocycles. The van der Waals surface area contributed by atoms with Crippen LogP contribution in [0, 0.1) is 6.92 Å². The fourth-order valence-electron chi connectivity index (χ4n) is 5.18. The molecule has 8 nitrogen and oxygen atoms in total. The van der Waals surface area contributed by atoms with Crippen LogP contribution in [0.5, 0.6) is 0 Å². The van der Waals surface area contributed by atoms with E-state index in [4.69, 9.17) is 10.1 Å². The van der Waals surface area contributed by atoms with Gasteiger partial charge >= 0.3 is 0 Å². The Morgan fingerprint density at radius 3 is 2.67 bits per heavy atom. The zero-order valence-corrected chi connectivity index (χ0v) is 22.6. The first-order chi connectivity index (χ1) is 19.7. The summed E-state index contributed by atoms with van der Waals surface area (Å²) in [5.74, 6) is 0. The zero-order valence-electron chi connectivity index (χ0n) is 22.6. The number of aliphatic imine (C=N–C) groups is 1. The zero-order chi connectivity index (χ0) is 27.3. The van der Waals surface area contributed by atoms with Crippen LogP contribution >= 0.6 is 0 Å². The number of benzene rings is 1. The molecule has 1 aromatic carbocycles. The number of anilines is 2. The summed E-state index contributed by atoms with van der Waals surface area (Å²) in [6.45, 7) is 9.79. The number of rotatable bonds is 7. The minimum atomic E-state index is 0.750. The van der Waals surface area contributed by atoms with Crippen LogP contribution in [0.2, 0.25) is 0 Å². The molecular weight excluding hydrogens is 496 g/mol. The first-order valence-electron chi connectivity index (χ1n) is 13.5. The SMILES string of the molecule is C=N/C=C\C(=C1\C=CC(Nc2cccnc2)=CC1)c1cnc2cc(-c3ccc(N4CCNCC4)cc3)c(C)nn12. The lowest BCUT2D eigenvalue weighted by Gasteiger charge is -2.29. The van der Waals surface area contributed by atoms with Gasteiger partial charge in [0.05, 0.1) is 29.5 Å². The third-order valence-corrected chi connectivity index (χ3v) is 7.26. The summed E-state index contributed by atoms with van der Waals surface area (Å²) in [7, 11) is 0. The van der Waals surface area contributed by atoms with Gasteiger partial charge in [-0.3, -0.25) is 9.98 Å². The van der Waals surface area contributed by atoms with Crippen LogP contribution < -0.4 is 15.5 Å². The molecule has 2 N–H and O–H groups in total. The molecule has 40 heavy (non-hydrogen) atoms. The van der Waals surface area contributed by atoms with Gasteiger partial charge in [-0.1, -0.05) is 24.3 Å². The van der Waals surface area contributed by atoms with Crippen LogP contribution in [0.15, 0.2) is 108 Å². The van der Waals surface area contributed by atoms with E-state index < -0.39 is 0 Å². The van der Waals surface area contributed by atoms with Crippen LogP contribution in [0.25, 0.3) is 22.3 Å². The molecule has 1 saturated heterocycles. The molecule has 2 aliphatic rings. The molecule has 0 spiro atoms. The van der Waals surface area contributed by atoms with E-state index in [1.54, 1.807) is 12.4 Å². The summed E-state index contributed by atoms with van der Waals surface area (Å²) in [6.07, 6.45) is 16.3. The number of imidazole rings is 1. The Bertz CT molecular complexity index is 1640. The van der Waals surface area contributed by atoms with Crippen LogP contribution in [0.1, 0.15) is 17.8 Å². The summed E-state index contributed by atoms with van der Waals surface area (Å²) in [5.41, 5.74) is 10.3. The van der Waals surface area contributed by atoms with Crippen molar-refractivity contribution in [2.24, 2.45) is 4.99 Å². The number of nitrogens with one attached hydrogen (secondary N) is 2. The highest BCUT2D eigenvalue weighted by Gasteiger charge is 2.16. The number of allylic oxidation sites excluding steroid dienone is 6. The standard InChI is InChI=1S/C32H32N8/c1-23-30(25-7-11-28(12-8-25)39-18-16-34-17-19-39)20-32-36-22-31(40(32)38-23)29(13-15-33-2)24-5-9-26(10-6-24)37-27-4-3-14-35-21-27/h3-5,7-15,20-22,34,37H,2,6,16-19H2,1H3/b15-13-,29-24+. The van der Waals surface area contributed by atoms with Gasteiger partial charge in [0.15, 0.2) is 5.65 Å². The summed E-state index contributed by atoms with van der Waals surface area (Å²) in [5, 5.41) is 11.8. The maximum absolute atomic E-state index is 4.98. The van der Waals surface area contributed by atoms with Crippen molar-refractivity contribution in [1.29, 1.82) is 0 Å². The lowest BCUT2D eigenvalue weighted by molar-refractivity contribution is 0.589. The number of pyridine rings is 1. The van der Waals surface area contributed by atoms with E-state index in [2.05, 4.69) is 87.7 Å². The molecule has 8 heteroatoms. The smallest absolute Gasteiger partial charge is 0.154 e. The second-order valence-corrected chi connectivity index (χ2v) is 9.84. The largest absolute Gasteiger partial charge is 0.369 e. The molecule has 0 radical (unpaired) electrons. The van der Waals surface area contributed by atoms with Gasteiger partial charge in [-0.15, -0.1) is 0 Å². The highest BCUT2D eigenvalue weighted by atomic mass is 15.3. The Morgan fingerprint density at radius 2 is 1.95 bits per heavy atom. The van der Waals surface area contributed by atoms with Crippen LogP contribution in [-0.4, -0.2) is 52.5 Å². The van der Waals surface area contributed by atoms with Crippen molar-refractivity contribution in [2.45, 2.75) is 13.3 Å². The molecule has 0 unspecified atom stereocenters. The molecule has 1 fully saturated rings. The van der Waals surface area contributed by atoms with Crippen LogP contribution in [0.3, 0.4) is 0 Å². The predicted molar refractivity (Wildman–Crippen MR) is 164 cm³/mol. The Hall–Kier alpha value is -4.82.